The summed E-state index contributed by atoms with van der Waals surface area (Å²) in [5.41, 5.74) is 1.01. The molecule has 0 aromatic carbocycles. The van der Waals surface area contributed by atoms with Gasteiger partial charge in [-0.15, -0.1) is 0 Å². The summed E-state index contributed by atoms with van der Waals surface area (Å²) in [4.78, 5) is 6.31. The van der Waals surface area contributed by atoms with Crippen LogP contribution in [-0.2, 0) is 4.74 Å². The molecule has 2 heterocycles. The second kappa shape index (κ2) is 4.62. The highest BCUT2D eigenvalue weighted by molar-refractivity contribution is 6.33. The number of pyridine rings is 1. The molecule has 1 saturated heterocycles. The van der Waals surface area contributed by atoms with Gasteiger partial charge in [-0.1, -0.05) is 11.6 Å². The van der Waals surface area contributed by atoms with Crippen LogP contribution in [0.3, 0.4) is 0 Å². The molecule has 2 rings (SSSR count). The highest BCUT2D eigenvalue weighted by Gasteiger charge is 2.12. The van der Waals surface area contributed by atoms with E-state index in [0.717, 1.165) is 43.4 Å². The molecule has 0 spiro atoms. The monoisotopic (exact) mass is 212 g/mol. The van der Waals surface area contributed by atoms with Crippen molar-refractivity contribution in [3.8, 4) is 0 Å². The van der Waals surface area contributed by atoms with E-state index in [0.29, 0.717) is 0 Å². The Labute approximate surface area is 88.6 Å². The third kappa shape index (κ3) is 2.16. The average molecular weight is 213 g/mol. The van der Waals surface area contributed by atoms with E-state index in [1.54, 1.807) is 6.20 Å². The Kier molecular flexibility index (Phi) is 3.22. The molecule has 1 aliphatic heterocycles. The standard InChI is InChI=1S/C10H13ClN2O/c11-9-2-3-12-8-10(9)13-4-1-6-14-7-5-13/h2-3,8H,1,4-7H2. The number of ether oxygens (including phenoxy) is 1. The zero-order chi connectivity index (χ0) is 9.80. The van der Waals surface area contributed by atoms with Crippen molar-refractivity contribution in [3.63, 3.8) is 0 Å². The normalized spacial score (nSPS) is 17.9. The van der Waals surface area contributed by atoms with Crippen LogP contribution in [0.1, 0.15) is 6.42 Å². The fraction of sp³-hybridized carbons (Fsp3) is 0.500. The van der Waals surface area contributed by atoms with Gasteiger partial charge in [-0.2, -0.15) is 0 Å². The van der Waals surface area contributed by atoms with E-state index in [1.807, 2.05) is 12.3 Å². The molecular weight excluding hydrogens is 200 g/mol. The Hall–Kier alpha value is -0.800. The number of aromatic nitrogens is 1. The van der Waals surface area contributed by atoms with Gasteiger partial charge < -0.3 is 9.64 Å². The van der Waals surface area contributed by atoms with Crippen molar-refractivity contribution >= 4 is 17.3 Å². The van der Waals surface area contributed by atoms with Crippen LogP contribution in [0.4, 0.5) is 5.69 Å². The van der Waals surface area contributed by atoms with Gasteiger partial charge in [-0.05, 0) is 12.5 Å². The molecule has 3 nitrogen and oxygen atoms in total. The molecule has 1 aromatic heterocycles. The van der Waals surface area contributed by atoms with Crippen LogP contribution in [0.5, 0.6) is 0 Å². The van der Waals surface area contributed by atoms with Crippen LogP contribution in [0, 0.1) is 0 Å². The van der Waals surface area contributed by atoms with Gasteiger partial charge in [0.25, 0.3) is 0 Å². The second-order valence-electron chi connectivity index (χ2n) is 3.28. The smallest absolute Gasteiger partial charge is 0.0742 e. The Balaban J connectivity index is 2.16. The summed E-state index contributed by atoms with van der Waals surface area (Å²) in [5, 5.41) is 0.766. The largest absolute Gasteiger partial charge is 0.380 e. The van der Waals surface area contributed by atoms with Gasteiger partial charge in [0.15, 0.2) is 0 Å². The first-order valence-corrected chi connectivity index (χ1v) is 5.18. The number of rotatable bonds is 1. The molecule has 1 aromatic rings. The maximum atomic E-state index is 6.09. The van der Waals surface area contributed by atoms with Crippen molar-refractivity contribution in [1.29, 1.82) is 0 Å². The van der Waals surface area contributed by atoms with E-state index < -0.39 is 0 Å². The highest BCUT2D eigenvalue weighted by atomic mass is 35.5. The maximum Gasteiger partial charge on any atom is 0.0742 e. The number of nitrogens with zero attached hydrogens (tertiary/aromatic N) is 2. The number of halogens is 1. The molecule has 0 amide bonds. The molecule has 0 radical (unpaired) electrons. The first-order chi connectivity index (χ1) is 6.88. The zero-order valence-corrected chi connectivity index (χ0v) is 8.70. The van der Waals surface area contributed by atoms with Crippen LogP contribution in [0.25, 0.3) is 0 Å². The Morgan fingerprint density at radius 2 is 2.29 bits per heavy atom. The van der Waals surface area contributed by atoms with Gasteiger partial charge in [0, 0.05) is 25.9 Å². The summed E-state index contributed by atoms with van der Waals surface area (Å²) in [6.45, 7) is 3.50. The lowest BCUT2D eigenvalue weighted by Crippen LogP contribution is -2.26. The molecule has 1 fully saturated rings. The summed E-state index contributed by atoms with van der Waals surface area (Å²) in [6, 6.07) is 1.82. The minimum Gasteiger partial charge on any atom is -0.380 e. The topological polar surface area (TPSA) is 25.4 Å². The zero-order valence-electron chi connectivity index (χ0n) is 7.95. The van der Waals surface area contributed by atoms with Crippen LogP contribution < -0.4 is 4.90 Å². The molecule has 4 heteroatoms. The summed E-state index contributed by atoms with van der Waals surface area (Å²) in [5.74, 6) is 0. The summed E-state index contributed by atoms with van der Waals surface area (Å²) in [7, 11) is 0. The molecule has 76 valence electrons. The van der Waals surface area contributed by atoms with E-state index in [9.17, 15) is 0 Å². The summed E-state index contributed by atoms with van der Waals surface area (Å²) in [6.07, 6.45) is 4.57. The average Bonchev–Trinajstić information content (AvgIpc) is 2.47. The Morgan fingerprint density at radius 3 is 3.14 bits per heavy atom. The number of anilines is 1. The Morgan fingerprint density at radius 1 is 1.36 bits per heavy atom. The van der Waals surface area contributed by atoms with Crippen LogP contribution in [-0.4, -0.2) is 31.3 Å². The van der Waals surface area contributed by atoms with Crippen molar-refractivity contribution in [2.75, 3.05) is 31.2 Å². The lowest BCUT2D eigenvalue weighted by Gasteiger charge is -2.22. The molecule has 0 atom stereocenters. The van der Waals surface area contributed by atoms with E-state index in [2.05, 4.69) is 9.88 Å². The first kappa shape index (κ1) is 9.74. The molecule has 0 saturated carbocycles. The van der Waals surface area contributed by atoms with E-state index in [-0.39, 0.29) is 0 Å². The predicted octanol–water partition coefficient (Wildman–Crippen LogP) is 1.96. The van der Waals surface area contributed by atoms with Crippen LogP contribution in [0.15, 0.2) is 18.5 Å². The highest BCUT2D eigenvalue weighted by Crippen LogP contribution is 2.24. The van der Waals surface area contributed by atoms with E-state index >= 15 is 0 Å². The maximum absolute atomic E-state index is 6.09. The van der Waals surface area contributed by atoms with Crippen LogP contribution >= 0.6 is 11.6 Å². The third-order valence-electron chi connectivity index (χ3n) is 2.31. The van der Waals surface area contributed by atoms with Crippen molar-refractivity contribution < 1.29 is 4.74 Å². The fourth-order valence-electron chi connectivity index (χ4n) is 1.59. The lowest BCUT2D eigenvalue weighted by atomic mass is 10.3. The van der Waals surface area contributed by atoms with E-state index in [1.165, 1.54) is 0 Å². The Bertz CT molecular complexity index is 298. The molecule has 14 heavy (non-hydrogen) atoms. The number of hydrogen-bond donors (Lipinski definition) is 0. The van der Waals surface area contributed by atoms with Gasteiger partial charge in [0.2, 0.25) is 0 Å². The van der Waals surface area contributed by atoms with Gasteiger partial charge in [-0.25, -0.2) is 0 Å². The molecular formula is C10H13ClN2O. The molecule has 0 unspecified atom stereocenters. The molecule has 0 bridgehead atoms. The van der Waals surface area contributed by atoms with Gasteiger partial charge in [0.1, 0.15) is 0 Å². The first-order valence-electron chi connectivity index (χ1n) is 4.80. The predicted molar refractivity (Wildman–Crippen MR) is 56.9 cm³/mol. The molecule has 1 aliphatic rings. The van der Waals surface area contributed by atoms with Crippen molar-refractivity contribution in [1.82, 2.24) is 4.98 Å². The summed E-state index contributed by atoms with van der Waals surface area (Å²) < 4.78 is 5.38. The molecule has 0 N–H and O–H groups in total. The van der Waals surface area contributed by atoms with E-state index in [4.69, 9.17) is 16.3 Å². The van der Waals surface area contributed by atoms with Gasteiger partial charge in [0.05, 0.1) is 23.5 Å². The van der Waals surface area contributed by atoms with Crippen molar-refractivity contribution in [2.24, 2.45) is 0 Å². The van der Waals surface area contributed by atoms with Crippen molar-refractivity contribution in [2.45, 2.75) is 6.42 Å². The fourth-order valence-corrected chi connectivity index (χ4v) is 1.81. The third-order valence-corrected chi connectivity index (χ3v) is 2.63. The lowest BCUT2D eigenvalue weighted by molar-refractivity contribution is 0.152. The SMILES string of the molecule is Clc1ccncc1N1CCCOCC1. The minimum absolute atomic E-state index is 0.766. The van der Waals surface area contributed by atoms with Gasteiger partial charge in [-0.3, -0.25) is 4.98 Å². The molecule has 0 aliphatic carbocycles. The summed E-state index contributed by atoms with van der Waals surface area (Å²) >= 11 is 6.09. The quantitative estimate of drug-likeness (QED) is 0.712. The van der Waals surface area contributed by atoms with Crippen LogP contribution in [0.2, 0.25) is 5.02 Å². The number of hydrogen-bond acceptors (Lipinski definition) is 3. The minimum atomic E-state index is 0.766. The second-order valence-corrected chi connectivity index (χ2v) is 3.69. The van der Waals surface area contributed by atoms with Gasteiger partial charge >= 0.3 is 0 Å². The van der Waals surface area contributed by atoms with Crippen molar-refractivity contribution in [3.05, 3.63) is 23.5 Å².